The van der Waals surface area contributed by atoms with Gasteiger partial charge in [-0.3, -0.25) is 14.9 Å². The van der Waals surface area contributed by atoms with Gasteiger partial charge in [0.1, 0.15) is 0 Å². The summed E-state index contributed by atoms with van der Waals surface area (Å²) in [5.74, 6) is -1.76. The lowest BCUT2D eigenvalue weighted by atomic mass is 9.81. The molecule has 1 aliphatic rings. The van der Waals surface area contributed by atoms with Crippen LogP contribution in [0.25, 0.3) is 0 Å². The molecule has 0 aromatic heterocycles. The molecule has 0 radical (unpaired) electrons. The molecule has 0 saturated heterocycles. The van der Waals surface area contributed by atoms with Gasteiger partial charge >= 0.3 is 11.9 Å². The maximum atomic E-state index is 13.0. The number of nitrogens with zero attached hydrogens (tertiary/aromatic N) is 2. The van der Waals surface area contributed by atoms with Crippen LogP contribution in [0.15, 0.2) is 47.3 Å². The number of esters is 2. The molecule has 33 heavy (non-hydrogen) atoms. The van der Waals surface area contributed by atoms with Gasteiger partial charge in [0.2, 0.25) is 0 Å². The molecule has 0 amide bonds. The molecular weight excluding hydrogens is 468 g/mol. The Balaban J connectivity index is 2.59. The van der Waals surface area contributed by atoms with Crippen LogP contribution >= 0.6 is 23.5 Å². The number of hydrogen-bond acceptors (Lipinski definition) is 10. The molecule has 1 aromatic carbocycles. The maximum Gasteiger partial charge on any atom is 0.336 e. The second-order valence-electron chi connectivity index (χ2n) is 6.87. The van der Waals surface area contributed by atoms with Crippen LogP contribution in [0.4, 0.5) is 5.69 Å². The van der Waals surface area contributed by atoms with E-state index in [0.717, 1.165) is 0 Å². The molecule has 0 spiro atoms. The summed E-state index contributed by atoms with van der Waals surface area (Å²) in [6, 6.07) is 5.83. The Morgan fingerprint density at radius 1 is 1.15 bits per heavy atom. The van der Waals surface area contributed by atoms with Gasteiger partial charge in [-0.25, -0.2) is 9.59 Å². The van der Waals surface area contributed by atoms with E-state index in [4.69, 9.17) is 9.47 Å². The van der Waals surface area contributed by atoms with Crippen molar-refractivity contribution in [3.8, 4) is 0 Å². The van der Waals surface area contributed by atoms with Crippen molar-refractivity contribution in [2.75, 3.05) is 24.2 Å². The molecule has 1 aromatic rings. The van der Waals surface area contributed by atoms with Crippen molar-refractivity contribution in [3.63, 3.8) is 0 Å². The van der Waals surface area contributed by atoms with Crippen LogP contribution in [0.5, 0.6) is 0 Å². The van der Waals surface area contributed by atoms with Crippen LogP contribution in [0, 0.1) is 10.1 Å². The molecule has 0 bridgehead atoms. The number of thioether (sulfide) groups is 2. The van der Waals surface area contributed by atoms with Gasteiger partial charge in [0, 0.05) is 36.0 Å². The van der Waals surface area contributed by atoms with Gasteiger partial charge in [-0.05, 0) is 26.3 Å². The molecule has 1 heterocycles. The first-order valence-corrected chi connectivity index (χ1v) is 12.3. The second-order valence-corrected chi connectivity index (χ2v) is 9.34. The summed E-state index contributed by atoms with van der Waals surface area (Å²) in [6.45, 7) is 6.81. The monoisotopic (exact) mass is 494 g/mol. The van der Waals surface area contributed by atoms with Crippen LogP contribution in [0.1, 0.15) is 39.2 Å². The largest absolute Gasteiger partial charge is 0.463 e. The van der Waals surface area contributed by atoms with Gasteiger partial charge in [0.25, 0.3) is 5.69 Å². The molecule has 1 unspecified atom stereocenters. The zero-order chi connectivity index (χ0) is 24.5. The predicted molar refractivity (Wildman–Crippen MR) is 127 cm³/mol. The Morgan fingerprint density at radius 2 is 1.82 bits per heavy atom. The number of nitro benzene ring substituents is 1. The summed E-state index contributed by atoms with van der Waals surface area (Å²) in [7, 11) is 0. The molecule has 2 rings (SSSR count). The second kappa shape index (κ2) is 12.4. The van der Waals surface area contributed by atoms with Crippen molar-refractivity contribution in [3.05, 3.63) is 63.0 Å². The Bertz CT molecular complexity index is 991. The normalized spacial score (nSPS) is 15.7. The number of carbonyl (C=O) groups is 3. The fourth-order valence-electron chi connectivity index (χ4n) is 3.28. The van der Waals surface area contributed by atoms with Gasteiger partial charge in [-0.2, -0.15) is 0 Å². The Kier molecular flexibility index (Phi) is 9.98. The van der Waals surface area contributed by atoms with E-state index < -0.39 is 22.8 Å². The molecule has 0 aliphatic carbocycles. The Hall–Kier alpha value is -2.79. The van der Waals surface area contributed by atoms with Crippen molar-refractivity contribution in [1.29, 1.82) is 0 Å². The van der Waals surface area contributed by atoms with Crippen molar-refractivity contribution in [2.24, 2.45) is 0 Å². The molecule has 9 nitrogen and oxygen atoms in total. The van der Waals surface area contributed by atoms with E-state index in [1.54, 1.807) is 37.9 Å². The van der Waals surface area contributed by atoms with E-state index in [9.17, 15) is 24.5 Å². The third-order valence-electron chi connectivity index (χ3n) is 4.71. The molecule has 11 heteroatoms. The third-order valence-corrected chi connectivity index (χ3v) is 6.72. The quantitative estimate of drug-likeness (QED) is 0.154. The smallest absolute Gasteiger partial charge is 0.336 e. The number of rotatable bonds is 10. The van der Waals surface area contributed by atoms with Crippen LogP contribution < -0.4 is 0 Å². The van der Waals surface area contributed by atoms with Gasteiger partial charge in [-0.1, -0.05) is 23.9 Å². The van der Waals surface area contributed by atoms with Crippen molar-refractivity contribution in [1.82, 2.24) is 4.90 Å². The summed E-state index contributed by atoms with van der Waals surface area (Å²) in [5.41, 5.74) is 1.19. The highest BCUT2D eigenvalue weighted by Crippen LogP contribution is 2.41. The van der Waals surface area contributed by atoms with Crippen LogP contribution in [-0.2, 0) is 23.9 Å². The van der Waals surface area contributed by atoms with Crippen molar-refractivity contribution in [2.45, 2.75) is 33.6 Å². The first kappa shape index (κ1) is 26.5. The molecule has 0 fully saturated rings. The molecule has 0 N–H and O–H groups in total. The van der Waals surface area contributed by atoms with E-state index >= 15 is 0 Å². The summed E-state index contributed by atoms with van der Waals surface area (Å²) < 4.78 is 10.5. The fraction of sp³-hybridized carbons (Fsp3) is 0.409. The molecule has 178 valence electrons. The lowest BCUT2D eigenvalue weighted by Crippen LogP contribution is -2.32. The average molecular weight is 495 g/mol. The van der Waals surface area contributed by atoms with Crippen LogP contribution in [0.3, 0.4) is 0 Å². The zero-order valence-electron chi connectivity index (χ0n) is 18.9. The van der Waals surface area contributed by atoms with Gasteiger partial charge in [0.15, 0.2) is 5.12 Å². The van der Waals surface area contributed by atoms with E-state index in [2.05, 4.69) is 0 Å². The number of ether oxygens (including phenoxy) is 2. The molecule has 1 atom stereocenters. The highest BCUT2D eigenvalue weighted by molar-refractivity contribution is 8.23. The van der Waals surface area contributed by atoms with Gasteiger partial charge in [-0.15, -0.1) is 11.8 Å². The van der Waals surface area contributed by atoms with Crippen LogP contribution in [0.2, 0.25) is 0 Å². The molecule has 0 saturated carbocycles. The number of benzene rings is 1. The average Bonchev–Trinajstić information content (AvgIpc) is 2.77. The highest BCUT2D eigenvalue weighted by Gasteiger charge is 2.38. The predicted octanol–water partition coefficient (Wildman–Crippen LogP) is 4.21. The minimum Gasteiger partial charge on any atom is -0.463 e. The molecule has 1 aliphatic heterocycles. The number of hydrogen-bond donors (Lipinski definition) is 0. The minimum atomic E-state index is -0.893. The maximum absolute atomic E-state index is 13.0. The van der Waals surface area contributed by atoms with Crippen LogP contribution in [-0.4, -0.2) is 51.1 Å². The summed E-state index contributed by atoms with van der Waals surface area (Å²) in [5, 5.41) is 11.8. The van der Waals surface area contributed by atoms with E-state index in [0.29, 0.717) is 22.2 Å². The number of non-ortho nitro benzene ring substituents is 1. The van der Waals surface area contributed by atoms with Crippen molar-refractivity contribution < 1.29 is 28.8 Å². The van der Waals surface area contributed by atoms with Crippen molar-refractivity contribution >= 4 is 46.3 Å². The summed E-state index contributed by atoms with van der Waals surface area (Å²) in [4.78, 5) is 49.7. The number of nitro groups is 1. The van der Waals surface area contributed by atoms with Gasteiger partial charge < -0.3 is 14.4 Å². The molecular formula is C22H26N2O7S2. The third kappa shape index (κ3) is 6.84. The summed E-state index contributed by atoms with van der Waals surface area (Å²) in [6.07, 6.45) is 1.60. The lowest BCUT2D eigenvalue weighted by Gasteiger charge is -2.34. The Labute approximate surface area is 200 Å². The minimum absolute atomic E-state index is 0.00545. The standard InChI is InChI=1S/C22H26N2O7S2/c1-5-30-21(26)18-11-23(12-32-13-33-15(4)25)14(3)19(22(27)31-6-2)20(18)16-8-7-9-17(10-16)24(28)29/h7-11,20H,5-6,12-13H2,1-4H3. The fourth-order valence-corrected chi connectivity index (χ4v) is 5.04. The number of allylic oxidation sites excluding steroid dienone is 1. The Morgan fingerprint density at radius 3 is 2.42 bits per heavy atom. The van der Waals surface area contributed by atoms with E-state index in [-0.39, 0.29) is 35.2 Å². The topological polar surface area (TPSA) is 116 Å². The first-order valence-electron chi connectivity index (χ1n) is 10.2. The highest BCUT2D eigenvalue weighted by atomic mass is 32.2. The van der Waals surface area contributed by atoms with E-state index in [1.807, 2.05) is 0 Å². The SMILES string of the molecule is CCOC(=O)C1=CN(CSCSC(C)=O)C(C)=C(C(=O)OCC)C1c1cccc([N+](=O)[O-])c1. The first-order chi connectivity index (χ1) is 15.7. The van der Waals surface area contributed by atoms with E-state index in [1.165, 1.54) is 48.6 Å². The van der Waals surface area contributed by atoms with Gasteiger partial charge in [0.05, 0.1) is 41.1 Å². The lowest BCUT2D eigenvalue weighted by molar-refractivity contribution is -0.384. The summed E-state index contributed by atoms with van der Waals surface area (Å²) >= 11 is 2.61. The number of carbonyl (C=O) groups excluding carboxylic acids is 3. The zero-order valence-corrected chi connectivity index (χ0v) is 20.5.